The van der Waals surface area contributed by atoms with E-state index >= 15 is 0 Å². The van der Waals surface area contributed by atoms with Crippen molar-refractivity contribution in [2.24, 2.45) is 0 Å². The van der Waals surface area contributed by atoms with Crippen molar-refractivity contribution in [3.8, 4) is 0 Å². The van der Waals surface area contributed by atoms with Crippen LogP contribution in [0.5, 0.6) is 0 Å². The molecule has 3 nitrogen and oxygen atoms in total. The van der Waals surface area contributed by atoms with Crippen molar-refractivity contribution in [2.75, 3.05) is 6.54 Å². The summed E-state index contributed by atoms with van der Waals surface area (Å²) in [6, 6.07) is 8.20. The molecule has 1 fully saturated rings. The van der Waals surface area contributed by atoms with E-state index in [9.17, 15) is 4.79 Å². The van der Waals surface area contributed by atoms with Gasteiger partial charge in [0.25, 0.3) is 0 Å². The Bertz CT molecular complexity index is 586. The number of aromatic nitrogens is 1. The summed E-state index contributed by atoms with van der Waals surface area (Å²) in [7, 11) is 0. The van der Waals surface area contributed by atoms with Gasteiger partial charge in [0.15, 0.2) is 0 Å². The summed E-state index contributed by atoms with van der Waals surface area (Å²) < 4.78 is 0. The second-order valence-corrected chi connectivity index (χ2v) is 7.32. The Labute approximate surface area is 133 Å². The maximum absolute atomic E-state index is 12.7. The number of carbonyl (C=O) groups excluding carboxylic acids is 1. The van der Waals surface area contributed by atoms with Crippen LogP contribution < -0.4 is 0 Å². The van der Waals surface area contributed by atoms with E-state index in [0.717, 1.165) is 24.4 Å². The maximum atomic E-state index is 12.7. The third kappa shape index (κ3) is 3.30. The monoisotopic (exact) mass is 318 g/mol. The zero-order valence-corrected chi connectivity index (χ0v) is 13.6. The molecule has 3 rings (SSSR count). The minimum Gasteiger partial charge on any atom is -0.335 e. The molecule has 1 aliphatic rings. The van der Waals surface area contributed by atoms with E-state index < -0.39 is 0 Å². The first-order valence-corrected chi connectivity index (χ1v) is 8.98. The topological polar surface area (TPSA) is 33.2 Å². The van der Waals surface area contributed by atoms with Crippen LogP contribution in [-0.2, 0) is 4.79 Å². The molecule has 0 saturated carbocycles. The molecule has 0 spiro atoms. The van der Waals surface area contributed by atoms with E-state index in [2.05, 4.69) is 21.8 Å². The van der Waals surface area contributed by atoms with Crippen LogP contribution in [0.3, 0.4) is 0 Å². The van der Waals surface area contributed by atoms with Gasteiger partial charge in [-0.1, -0.05) is 17.8 Å². The fourth-order valence-corrected chi connectivity index (χ4v) is 4.31. The molecule has 0 aliphatic carbocycles. The van der Waals surface area contributed by atoms with Gasteiger partial charge in [-0.3, -0.25) is 4.79 Å². The van der Waals surface area contributed by atoms with Gasteiger partial charge in [0.1, 0.15) is 0 Å². The average molecular weight is 318 g/mol. The molecule has 0 N–H and O–H groups in total. The Balaban J connectivity index is 1.69. The number of rotatable bonds is 4. The molecule has 0 unspecified atom stereocenters. The van der Waals surface area contributed by atoms with Gasteiger partial charge in [-0.15, -0.1) is 0 Å². The van der Waals surface area contributed by atoms with E-state index in [1.54, 1.807) is 17.5 Å². The van der Waals surface area contributed by atoms with Crippen LogP contribution in [0, 0.1) is 0 Å². The lowest BCUT2D eigenvalue weighted by Crippen LogP contribution is -2.36. The molecule has 1 amide bonds. The summed E-state index contributed by atoms with van der Waals surface area (Å²) in [5.74, 6) is 0.222. The molecule has 2 aromatic rings. The molecule has 3 heterocycles. The first-order valence-electron chi connectivity index (χ1n) is 7.16. The Morgan fingerprint density at radius 1 is 1.48 bits per heavy atom. The number of pyridine rings is 1. The second kappa shape index (κ2) is 6.62. The lowest BCUT2D eigenvalue weighted by Gasteiger charge is -2.26. The fraction of sp³-hybridized carbons (Fsp3) is 0.375. The number of nitrogens with zero attached hydrogens (tertiary/aromatic N) is 2. The van der Waals surface area contributed by atoms with E-state index in [-0.39, 0.29) is 17.2 Å². The summed E-state index contributed by atoms with van der Waals surface area (Å²) in [6.07, 6.45) is 3.93. The van der Waals surface area contributed by atoms with Crippen LogP contribution in [0.25, 0.3) is 0 Å². The molecular weight excluding hydrogens is 300 g/mol. The number of thioether (sulfide) groups is 1. The minimum atomic E-state index is -0.0980. The highest BCUT2D eigenvalue weighted by atomic mass is 32.2. The SMILES string of the molecule is C[C@@H](Sc1ccccn1)C(=O)N1CCC[C@H]1c1ccsc1. The van der Waals surface area contributed by atoms with E-state index in [1.807, 2.05) is 30.0 Å². The lowest BCUT2D eigenvalue weighted by atomic mass is 10.1. The van der Waals surface area contributed by atoms with E-state index in [0.29, 0.717) is 0 Å². The maximum Gasteiger partial charge on any atom is 0.236 e. The second-order valence-electron chi connectivity index (χ2n) is 5.17. The van der Waals surface area contributed by atoms with Crippen molar-refractivity contribution in [1.82, 2.24) is 9.88 Å². The van der Waals surface area contributed by atoms with Crippen LogP contribution >= 0.6 is 23.1 Å². The summed E-state index contributed by atoms with van der Waals surface area (Å²) in [5.41, 5.74) is 1.28. The quantitative estimate of drug-likeness (QED) is 0.799. The van der Waals surface area contributed by atoms with Crippen LogP contribution in [0.15, 0.2) is 46.2 Å². The molecule has 2 aromatic heterocycles. The number of thiophene rings is 1. The molecular formula is C16H18N2OS2. The third-order valence-electron chi connectivity index (χ3n) is 3.75. The summed E-state index contributed by atoms with van der Waals surface area (Å²) in [4.78, 5) is 19.1. The van der Waals surface area contributed by atoms with Gasteiger partial charge in [0.2, 0.25) is 5.91 Å². The van der Waals surface area contributed by atoms with Crippen LogP contribution in [0.1, 0.15) is 31.4 Å². The van der Waals surface area contributed by atoms with Crippen molar-refractivity contribution < 1.29 is 4.79 Å². The third-order valence-corrected chi connectivity index (χ3v) is 5.49. The zero-order chi connectivity index (χ0) is 14.7. The Morgan fingerprint density at radius 3 is 3.10 bits per heavy atom. The van der Waals surface area contributed by atoms with Crippen molar-refractivity contribution in [3.05, 3.63) is 46.8 Å². The highest BCUT2D eigenvalue weighted by Gasteiger charge is 2.32. The van der Waals surface area contributed by atoms with E-state index in [4.69, 9.17) is 0 Å². The predicted octanol–water partition coefficient (Wildman–Crippen LogP) is 3.99. The first kappa shape index (κ1) is 14.6. The number of hydrogen-bond donors (Lipinski definition) is 0. The Hall–Kier alpha value is -1.33. The van der Waals surface area contributed by atoms with Crippen LogP contribution in [0.4, 0.5) is 0 Å². The van der Waals surface area contributed by atoms with Crippen LogP contribution in [0.2, 0.25) is 0 Å². The molecule has 0 radical (unpaired) electrons. The largest absolute Gasteiger partial charge is 0.335 e. The Kier molecular flexibility index (Phi) is 4.60. The molecule has 0 aromatic carbocycles. The van der Waals surface area contributed by atoms with Gasteiger partial charge >= 0.3 is 0 Å². The van der Waals surface area contributed by atoms with Gasteiger partial charge in [-0.05, 0) is 54.3 Å². The molecule has 21 heavy (non-hydrogen) atoms. The predicted molar refractivity (Wildman–Crippen MR) is 87.6 cm³/mol. The summed E-state index contributed by atoms with van der Waals surface area (Å²) >= 11 is 3.24. The smallest absolute Gasteiger partial charge is 0.236 e. The van der Waals surface area contributed by atoms with Gasteiger partial charge in [0.05, 0.1) is 16.3 Å². The van der Waals surface area contributed by atoms with Crippen molar-refractivity contribution in [2.45, 2.75) is 36.1 Å². The molecule has 2 atom stereocenters. The summed E-state index contributed by atoms with van der Waals surface area (Å²) in [5, 5.41) is 5.05. The van der Waals surface area contributed by atoms with Gasteiger partial charge < -0.3 is 4.90 Å². The summed E-state index contributed by atoms with van der Waals surface area (Å²) in [6.45, 7) is 2.84. The molecule has 5 heteroatoms. The number of amides is 1. The highest BCUT2D eigenvalue weighted by Crippen LogP contribution is 2.35. The van der Waals surface area contributed by atoms with Crippen LogP contribution in [-0.4, -0.2) is 27.6 Å². The molecule has 1 aliphatic heterocycles. The van der Waals surface area contributed by atoms with Crippen molar-refractivity contribution >= 4 is 29.0 Å². The fourth-order valence-electron chi connectivity index (χ4n) is 2.72. The normalized spacial score (nSPS) is 19.7. The number of likely N-dealkylation sites (tertiary alicyclic amines) is 1. The number of hydrogen-bond acceptors (Lipinski definition) is 4. The van der Waals surface area contributed by atoms with Gasteiger partial charge in [-0.2, -0.15) is 11.3 Å². The van der Waals surface area contributed by atoms with Gasteiger partial charge in [0, 0.05) is 12.7 Å². The lowest BCUT2D eigenvalue weighted by molar-refractivity contribution is -0.131. The molecule has 1 saturated heterocycles. The van der Waals surface area contributed by atoms with Crippen molar-refractivity contribution in [3.63, 3.8) is 0 Å². The average Bonchev–Trinajstić information content (AvgIpc) is 3.18. The highest BCUT2D eigenvalue weighted by molar-refractivity contribution is 8.00. The van der Waals surface area contributed by atoms with E-state index in [1.165, 1.54) is 17.3 Å². The number of carbonyl (C=O) groups is 1. The zero-order valence-electron chi connectivity index (χ0n) is 11.9. The standard InChI is InChI=1S/C16H18N2OS2/c1-12(21-15-6-2-3-8-17-15)16(19)18-9-4-5-14(18)13-7-10-20-11-13/h2-3,6-8,10-12,14H,4-5,9H2,1H3/t12-,14+/m1/s1. The first-order chi connectivity index (χ1) is 10.3. The van der Waals surface area contributed by atoms with Crippen molar-refractivity contribution in [1.29, 1.82) is 0 Å². The minimum absolute atomic E-state index is 0.0980. The molecule has 0 bridgehead atoms. The Morgan fingerprint density at radius 2 is 2.38 bits per heavy atom. The molecule has 110 valence electrons. The van der Waals surface area contributed by atoms with Gasteiger partial charge in [-0.25, -0.2) is 4.98 Å².